The lowest BCUT2D eigenvalue weighted by atomic mass is 10.0. The van der Waals surface area contributed by atoms with Crippen LogP contribution in [0.15, 0.2) is 53.7 Å². The highest BCUT2D eigenvalue weighted by Gasteiger charge is 2.26. The fourth-order valence-corrected chi connectivity index (χ4v) is 3.86. The average Bonchev–Trinajstić information content (AvgIpc) is 2.76. The number of ether oxygens (including phenoxy) is 1. The van der Waals surface area contributed by atoms with Gasteiger partial charge in [0.1, 0.15) is 5.69 Å². The van der Waals surface area contributed by atoms with E-state index in [0.29, 0.717) is 25.1 Å². The van der Waals surface area contributed by atoms with Gasteiger partial charge in [-0.3, -0.25) is 4.79 Å². The number of amides is 1. The van der Waals surface area contributed by atoms with Crippen LogP contribution in [0.1, 0.15) is 28.0 Å². The number of aliphatic hydroxyl groups is 1. The third-order valence-electron chi connectivity index (χ3n) is 5.08. The summed E-state index contributed by atoms with van der Waals surface area (Å²) in [6.07, 6.45) is 4.41. The lowest BCUT2D eigenvalue weighted by molar-refractivity contribution is -0.0261. The first-order valence-corrected chi connectivity index (χ1v) is 10.8. The molecule has 6 nitrogen and oxygen atoms in total. The Kier molecular flexibility index (Phi) is 6.08. The standard InChI is InChI=1S/C22H23N3O3S/c1-29-21-7-6-14(12-23-21)10-15-11-19(24-17-5-3-2-4-16(15)17)22(27)25-18-8-9-28-13-20(18)26/h2-7,11-12,18,20,26H,8-10,13H2,1H3,(H,25,27)/t18-,20-/m0/s1. The summed E-state index contributed by atoms with van der Waals surface area (Å²) in [5, 5.41) is 15.0. The van der Waals surface area contributed by atoms with Gasteiger partial charge >= 0.3 is 0 Å². The van der Waals surface area contributed by atoms with Gasteiger partial charge in [-0.15, -0.1) is 11.8 Å². The first-order valence-electron chi connectivity index (χ1n) is 9.58. The molecule has 3 heterocycles. The number of aromatic nitrogens is 2. The van der Waals surface area contributed by atoms with Crippen LogP contribution in [0.2, 0.25) is 0 Å². The minimum absolute atomic E-state index is 0.236. The first-order chi connectivity index (χ1) is 14.1. The minimum Gasteiger partial charge on any atom is -0.389 e. The largest absolute Gasteiger partial charge is 0.389 e. The molecule has 2 N–H and O–H groups in total. The minimum atomic E-state index is -0.700. The second-order valence-corrected chi connectivity index (χ2v) is 7.91. The zero-order chi connectivity index (χ0) is 20.2. The third-order valence-corrected chi connectivity index (χ3v) is 5.74. The SMILES string of the molecule is CSc1ccc(Cc2cc(C(=O)N[C@H]3CCOC[C@@H]3O)nc3ccccc23)cn1. The Bertz CT molecular complexity index is 1010. The molecule has 7 heteroatoms. The van der Waals surface area contributed by atoms with Gasteiger partial charge in [-0.2, -0.15) is 0 Å². The van der Waals surface area contributed by atoms with Crippen molar-refractivity contribution in [2.24, 2.45) is 0 Å². The number of pyridine rings is 2. The number of para-hydroxylation sites is 1. The number of nitrogens with one attached hydrogen (secondary N) is 1. The highest BCUT2D eigenvalue weighted by molar-refractivity contribution is 7.98. The smallest absolute Gasteiger partial charge is 0.270 e. The molecule has 1 aliphatic rings. The lowest BCUT2D eigenvalue weighted by Gasteiger charge is -2.28. The molecule has 1 saturated heterocycles. The molecule has 1 aliphatic heterocycles. The highest BCUT2D eigenvalue weighted by Crippen LogP contribution is 2.22. The molecule has 2 aromatic heterocycles. The zero-order valence-electron chi connectivity index (χ0n) is 16.2. The topological polar surface area (TPSA) is 84.3 Å². The van der Waals surface area contributed by atoms with Crippen molar-refractivity contribution in [1.82, 2.24) is 15.3 Å². The van der Waals surface area contributed by atoms with Gasteiger partial charge in [0.05, 0.1) is 29.3 Å². The molecule has 4 rings (SSSR count). The molecular weight excluding hydrogens is 386 g/mol. The Balaban J connectivity index is 1.63. The fraction of sp³-hybridized carbons (Fsp3) is 0.318. The van der Waals surface area contributed by atoms with Crippen molar-refractivity contribution in [2.75, 3.05) is 19.5 Å². The number of carbonyl (C=O) groups excluding carboxylic acids is 1. The first kappa shape index (κ1) is 19.8. The van der Waals surface area contributed by atoms with Gasteiger partial charge in [0, 0.05) is 18.2 Å². The predicted octanol–water partition coefficient (Wildman–Crippen LogP) is 2.82. The molecule has 0 unspecified atom stereocenters. The van der Waals surface area contributed by atoms with E-state index in [-0.39, 0.29) is 18.6 Å². The third kappa shape index (κ3) is 4.58. The van der Waals surface area contributed by atoms with Crippen molar-refractivity contribution in [3.63, 3.8) is 0 Å². The normalized spacial score (nSPS) is 19.2. The summed E-state index contributed by atoms with van der Waals surface area (Å²) in [5.74, 6) is -0.279. The number of carbonyl (C=O) groups is 1. The zero-order valence-corrected chi connectivity index (χ0v) is 17.0. The van der Waals surface area contributed by atoms with E-state index in [1.807, 2.05) is 48.9 Å². The second-order valence-electron chi connectivity index (χ2n) is 7.08. The molecule has 0 aliphatic carbocycles. The maximum Gasteiger partial charge on any atom is 0.270 e. The maximum atomic E-state index is 12.8. The highest BCUT2D eigenvalue weighted by atomic mass is 32.2. The van der Waals surface area contributed by atoms with Crippen LogP contribution in [0, 0.1) is 0 Å². The summed E-state index contributed by atoms with van der Waals surface area (Å²) in [4.78, 5) is 21.8. The van der Waals surface area contributed by atoms with E-state index >= 15 is 0 Å². The van der Waals surface area contributed by atoms with Crippen molar-refractivity contribution >= 4 is 28.6 Å². The van der Waals surface area contributed by atoms with Crippen molar-refractivity contribution < 1.29 is 14.6 Å². The van der Waals surface area contributed by atoms with Gasteiger partial charge in [-0.05, 0) is 48.4 Å². The van der Waals surface area contributed by atoms with Crippen LogP contribution in [0.5, 0.6) is 0 Å². The summed E-state index contributed by atoms with van der Waals surface area (Å²) in [7, 11) is 0. The molecule has 2 atom stereocenters. The number of aliphatic hydroxyl groups excluding tert-OH is 1. The summed E-state index contributed by atoms with van der Waals surface area (Å²) in [6, 6.07) is 13.4. The van der Waals surface area contributed by atoms with Gasteiger partial charge in [-0.1, -0.05) is 24.3 Å². The predicted molar refractivity (Wildman–Crippen MR) is 113 cm³/mol. The van der Waals surface area contributed by atoms with Crippen molar-refractivity contribution in [1.29, 1.82) is 0 Å². The van der Waals surface area contributed by atoms with Gasteiger partial charge < -0.3 is 15.2 Å². The van der Waals surface area contributed by atoms with Gasteiger partial charge in [0.15, 0.2) is 0 Å². The number of thioether (sulfide) groups is 1. The summed E-state index contributed by atoms with van der Waals surface area (Å²) < 4.78 is 5.23. The van der Waals surface area contributed by atoms with Crippen LogP contribution in [-0.2, 0) is 11.2 Å². The summed E-state index contributed by atoms with van der Waals surface area (Å²) in [5.41, 5.74) is 3.22. The number of benzene rings is 1. The van der Waals surface area contributed by atoms with E-state index < -0.39 is 6.10 Å². The molecule has 0 bridgehead atoms. The number of fused-ring (bicyclic) bond motifs is 1. The number of hydrogen-bond acceptors (Lipinski definition) is 6. The molecule has 150 valence electrons. The quantitative estimate of drug-likeness (QED) is 0.631. The van der Waals surface area contributed by atoms with Crippen LogP contribution < -0.4 is 5.32 Å². The lowest BCUT2D eigenvalue weighted by Crippen LogP contribution is -2.48. The Hall–Kier alpha value is -2.48. The van der Waals surface area contributed by atoms with Crippen LogP contribution in [0.4, 0.5) is 0 Å². The van der Waals surface area contributed by atoms with E-state index in [0.717, 1.165) is 27.1 Å². The molecule has 1 aromatic carbocycles. The maximum absolute atomic E-state index is 12.8. The molecule has 0 spiro atoms. The van der Waals surface area contributed by atoms with Crippen LogP contribution >= 0.6 is 11.8 Å². The van der Waals surface area contributed by atoms with Gasteiger partial charge in [-0.25, -0.2) is 9.97 Å². The van der Waals surface area contributed by atoms with Crippen molar-refractivity contribution in [3.05, 3.63) is 65.5 Å². The van der Waals surface area contributed by atoms with E-state index in [1.54, 1.807) is 11.8 Å². The van der Waals surface area contributed by atoms with Crippen molar-refractivity contribution in [2.45, 2.75) is 30.0 Å². The summed E-state index contributed by atoms with van der Waals surface area (Å²) >= 11 is 1.61. The van der Waals surface area contributed by atoms with Crippen molar-refractivity contribution in [3.8, 4) is 0 Å². The Morgan fingerprint density at radius 2 is 2.17 bits per heavy atom. The van der Waals surface area contributed by atoms with E-state index in [1.165, 1.54) is 0 Å². The molecule has 29 heavy (non-hydrogen) atoms. The monoisotopic (exact) mass is 409 g/mol. The van der Waals surface area contributed by atoms with Crippen LogP contribution in [-0.4, -0.2) is 52.6 Å². The molecule has 1 amide bonds. The van der Waals surface area contributed by atoms with Gasteiger partial charge in [0.2, 0.25) is 0 Å². The number of rotatable bonds is 5. The van der Waals surface area contributed by atoms with Gasteiger partial charge in [0.25, 0.3) is 5.91 Å². The van der Waals surface area contributed by atoms with E-state index in [4.69, 9.17) is 4.74 Å². The number of hydrogen-bond donors (Lipinski definition) is 2. The molecule has 0 saturated carbocycles. The second kappa shape index (κ2) is 8.90. The Labute approximate surface area is 173 Å². The Morgan fingerprint density at radius 1 is 1.31 bits per heavy atom. The molecule has 0 radical (unpaired) electrons. The molecule has 1 fully saturated rings. The van der Waals surface area contributed by atoms with Crippen LogP contribution in [0.3, 0.4) is 0 Å². The van der Waals surface area contributed by atoms with Crippen LogP contribution in [0.25, 0.3) is 10.9 Å². The summed E-state index contributed by atoms with van der Waals surface area (Å²) in [6.45, 7) is 0.762. The molecular formula is C22H23N3O3S. The van der Waals surface area contributed by atoms with E-state index in [2.05, 4.69) is 21.4 Å². The molecule has 3 aromatic rings. The fourth-order valence-electron chi connectivity index (χ4n) is 3.50. The Morgan fingerprint density at radius 3 is 2.93 bits per heavy atom. The average molecular weight is 410 g/mol. The number of nitrogens with zero attached hydrogens (tertiary/aromatic N) is 2. The van der Waals surface area contributed by atoms with E-state index in [9.17, 15) is 9.90 Å².